The summed E-state index contributed by atoms with van der Waals surface area (Å²) >= 11 is 0. The van der Waals surface area contributed by atoms with Gasteiger partial charge in [-0.2, -0.15) is 0 Å². The van der Waals surface area contributed by atoms with E-state index in [9.17, 15) is 14.9 Å². The summed E-state index contributed by atoms with van der Waals surface area (Å²) in [7, 11) is 0. The lowest BCUT2D eigenvalue weighted by Gasteiger charge is -1.93. The van der Waals surface area contributed by atoms with E-state index >= 15 is 0 Å². The molecular formula is C15H21NO4. The summed E-state index contributed by atoms with van der Waals surface area (Å²) in [5.74, 6) is -1.07. The van der Waals surface area contributed by atoms with E-state index in [0.717, 1.165) is 18.9 Å². The molecule has 0 aromatic rings. The number of carbonyl (C=O) groups is 1. The molecule has 0 unspecified atom stereocenters. The molecule has 0 heterocycles. The molecule has 1 N–H and O–H groups in total. The Bertz CT molecular complexity index is 420. The van der Waals surface area contributed by atoms with Crippen molar-refractivity contribution in [3.05, 3.63) is 58.3 Å². The predicted octanol–water partition coefficient (Wildman–Crippen LogP) is 3.87. The quantitative estimate of drug-likeness (QED) is 0.374. The van der Waals surface area contributed by atoms with Crippen molar-refractivity contribution in [2.45, 2.75) is 39.0 Å². The normalized spacial score (nSPS) is 12.8. The molecule has 20 heavy (non-hydrogen) atoms. The Balaban J connectivity index is 4.07. The summed E-state index contributed by atoms with van der Waals surface area (Å²) in [5.41, 5.74) is -0.0847. The summed E-state index contributed by atoms with van der Waals surface area (Å²) in [4.78, 5) is 20.5. The maximum Gasteiger partial charge on any atom is 0.307 e. The molecule has 0 aliphatic heterocycles. The van der Waals surface area contributed by atoms with Gasteiger partial charge in [0, 0.05) is 6.08 Å². The molecule has 5 nitrogen and oxygen atoms in total. The Labute approximate surface area is 119 Å². The third kappa shape index (κ3) is 11.0. The molecule has 0 aromatic heterocycles. The number of nitrogens with zero attached hydrogens (tertiary/aromatic N) is 1. The molecule has 0 aromatic carbocycles. The standard InChI is InChI=1S/C15H21NO4/c1-2-3-4-5-6-7-8-9-10-11-14(16(19)20)12-13-15(17)18/h3-4,6-7,9-10,12H,2,5,8,11,13H2,1H3,(H,17,18)/b4-3-,7-6-,10-9-,14-12+. The molecule has 0 amide bonds. The highest BCUT2D eigenvalue weighted by molar-refractivity contribution is 5.68. The Morgan fingerprint density at radius 1 is 1.05 bits per heavy atom. The SMILES string of the molecule is CC/C=C\C/C=C\C/C=C\C/C(=C\CC(=O)O)[N+](=O)[O-]. The van der Waals surface area contributed by atoms with Crippen LogP contribution in [0.4, 0.5) is 0 Å². The van der Waals surface area contributed by atoms with Gasteiger partial charge in [0.2, 0.25) is 5.70 Å². The lowest BCUT2D eigenvalue weighted by Crippen LogP contribution is -2.00. The van der Waals surface area contributed by atoms with Crippen LogP contribution in [0.25, 0.3) is 0 Å². The number of hydrogen-bond acceptors (Lipinski definition) is 3. The van der Waals surface area contributed by atoms with Crippen molar-refractivity contribution in [2.75, 3.05) is 0 Å². The molecule has 110 valence electrons. The fraction of sp³-hybridized carbons (Fsp3) is 0.400. The number of allylic oxidation sites excluding steroid dienone is 6. The number of nitro groups is 1. The van der Waals surface area contributed by atoms with Crippen LogP contribution in [0.2, 0.25) is 0 Å². The van der Waals surface area contributed by atoms with Gasteiger partial charge in [-0.25, -0.2) is 0 Å². The van der Waals surface area contributed by atoms with E-state index in [-0.39, 0.29) is 18.5 Å². The Hall–Kier alpha value is -2.17. The molecule has 0 spiro atoms. The van der Waals surface area contributed by atoms with Gasteiger partial charge in [0.15, 0.2) is 0 Å². The fourth-order valence-electron chi connectivity index (χ4n) is 1.35. The zero-order chi connectivity index (χ0) is 15.2. The molecule has 0 aliphatic rings. The average Bonchev–Trinajstić information content (AvgIpc) is 2.39. The van der Waals surface area contributed by atoms with Gasteiger partial charge in [-0.1, -0.05) is 43.4 Å². The van der Waals surface area contributed by atoms with Gasteiger partial charge in [-0.05, 0) is 19.3 Å². The molecule has 0 bridgehead atoms. The molecule has 0 saturated heterocycles. The zero-order valence-corrected chi connectivity index (χ0v) is 11.7. The van der Waals surface area contributed by atoms with E-state index in [2.05, 4.69) is 19.1 Å². The van der Waals surface area contributed by atoms with Crippen molar-refractivity contribution in [1.82, 2.24) is 0 Å². The zero-order valence-electron chi connectivity index (χ0n) is 11.7. The third-order valence-electron chi connectivity index (χ3n) is 2.35. The van der Waals surface area contributed by atoms with Gasteiger partial charge in [0.1, 0.15) is 0 Å². The van der Waals surface area contributed by atoms with Crippen LogP contribution in [-0.2, 0) is 4.79 Å². The van der Waals surface area contributed by atoms with E-state index in [1.807, 2.05) is 18.2 Å². The summed E-state index contributed by atoms with van der Waals surface area (Å²) < 4.78 is 0. The number of rotatable bonds is 10. The van der Waals surface area contributed by atoms with Gasteiger partial charge in [0.25, 0.3) is 0 Å². The number of aliphatic carboxylic acids is 1. The lowest BCUT2D eigenvalue weighted by atomic mass is 10.2. The summed E-state index contributed by atoms with van der Waals surface area (Å²) in [6.07, 6.45) is 15.3. The second-order valence-electron chi connectivity index (χ2n) is 4.05. The largest absolute Gasteiger partial charge is 0.481 e. The minimum atomic E-state index is -1.07. The van der Waals surface area contributed by atoms with Crippen molar-refractivity contribution in [1.29, 1.82) is 0 Å². The molecule has 5 heteroatoms. The maximum absolute atomic E-state index is 10.7. The van der Waals surface area contributed by atoms with Crippen molar-refractivity contribution in [2.24, 2.45) is 0 Å². The van der Waals surface area contributed by atoms with Crippen LogP contribution in [0.1, 0.15) is 39.0 Å². The first-order valence-electron chi connectivity index (χ1n) is 6.58. The smallest absolute Gasteiger partial charge is 0.307 e. The van der Waals surface area contributed by atoms with Crippen molar-refractivity contribution < 1.29 is 14.8 Å². The van der Waals surface area contributed by atoms with E-state index in [4.69, 9.17) is 5.11 Å². The Morgan fingerprint density at radius 2 is 1.60 bits per heavy atom. The van der Waals surface area contributed by atoms with Gasteiger partial charge >= 0.3 is 5.97 Å². The van der Waals surface area contributed by atoms with Crippen LogP contribution in [-0.4, -0.2) is 16.0 Å². The third-order valence-corrected chi connectivity index (χ3v) is 2.35. The number of carboxylic acid groups (broad SMARTS) is 1. The van der Waals surface area contributed by atoms with Gasteiger partial charge in [-0.3, -0.25) is 14.9 Å². The van der Waals surface area contributed by atoms with Crippen LogP contribution in [0.3, 0.4) is 0 Å². The first kappa shape index (κ1) is 17.8. The highest BCUT2D eigenvalue weighted by Crippen LogP contribution is 2.06. The van der Waals surface area contributed by atoms with Gasteiger partial charge < -0.3 is 5.11 Å². The highest BCUT2D eigenvalue weighted by atomic mass is 16.6. The molecule has 0 fully saturated rings. The van der Waals surface area contributed by atoms with E-state index in [1.165, 1.54) is 0 Å². The number of hydrogen-bond donors (Lipinski definition) is 1. The van der Waals surface area contributed by atoms with E-state index in [0.29, 0.717) is 6.42 Å². The minimum Gasteiger partial charge on any atom is -0.481 e. The van der Waals surface area contributed by atoms with Crippen molar-refractivity contribution in [3.8, 4) is 0 Å². The first-order chi connectivity index (χ1) is 9.57. The molecule has 0 rings (SSSR count). The Morgan fingerprint density at radius 3 is 2.10 bits per heavy atom. The summed E-state index contributed by atoms with van der Waals surface area (Å²) in [6.45, 7) is 2.08. The van der Waals surface area contributed by atoms with Crippen LogP contribution in [0.15, 0.2) is 48.2 Å². The second-order valence-corrected chi connectivity index (χ2v) is 4.05. The Kier molecular flexibility index (Phi) is 10.6. The minimum absolute atomic E-state index is 0.0847. The summed E-state index contributed by atoms with van der Waals surface area (Å²) in [5, 5.41) is 19.1. The molecule has 0 aliphatic carbocycles. The van der Waals surface area contributed by atoms with E-state index in [1.54, 1.807) is 6.08 Å². The fourth-order valence-corrected chi connectivity index (χ4v) is 1.35. The average molecular weight is 279 g/mol. The van der Waals surface area contributed by atoms with Gasteiger partial charge in [-0.15, -0.1) is 0 Å². The predicted molar refractivity (Wildman–Crippen MR) is 78.9 cm³/mol. The number of carboxylic acids is 1. The van der Waals surface area contributed by atoms with Crippen LogP contribution in [0, 0.1) is 10.1 Å². The lowest BCUT2D eigenvalue weighted by molar-refractivity contribution is -0.427. The topological polar surface area (TPSA) is 80.4 Å². The molecule has 0 saturated carbocycles. The second kappa shape index (κ2) is 11.9. The molecule has 0 atom stereocenters. The monoisotopic (exact) mass is 279 g/mol. The van der Waals surface area contributed by atoms with E-state index < -0.39 is 10.9 Å². The van der Waals surface area contributed by atoms with Crippen LogP contribution in [0.5, 0.6) is 0 Å². The van der Waals surface area contributed by atoms with Crippen molar-refractivity contribution >= 4 is 5.97 Å². The molecular weight excluding hydrogens is 258 g/mol. The molecule has 0 radical (unpaired) electrons. The maximum atomic E-state index is 10.7. The van der Waals surface area contributed by atoms with Gasteiger partial charge in [0.05, 0.1) is 17.8 Å². The first-order valence-corrected chi connectivity index (χ1v) is 6.58. The summed E-state index contributed by atoms with van der Waals surface area (Å²) in [6, 6.07) is 0. The highest BCUT2D eigenvalue weighted by Gasteiger charge is 2.08. The van der Waals surface area contributed by atoms with Crippen LogP contribution >= 0.6 is 0 Å². The van der Waals surface area contributed by atoms with Crippen molar-refractivity contribution in [3.63, 3.8) is 0 Å². The van der Waals surface area contributed by atoms with Crippen LogP contribution < -0.4 is 0 Å².